The molecule has 2 fully saturated rings. The minimum Gasteiger partial charge on any atom is -0.368 e. The predicted octanol–water partition coefficient (Wildman–Crippen LogP) is 3.46. The van der Waals surface area contributed by atoms with Crippen molar-refractivity contribution in [1.82, 2.24) is 9.21 Å². The molecule has 9 heteroatoms. The van der Waals surface area contributed by atoms with Crippen molar-refractivity contribution in [2.24, 2.45) is 5.92 Å². The molecule has 0 unspecified atom stereocenters. The zero-order chi connectivity index (χ0) is 21.3. The van der Waals surface area contributed by atoms with Crippen LogP contribution in [-0.4, -0.2) is 62.8 Å². The number of hydrogen-bond acceptors (Lipinski definition) is 5. The van der Waals surface area contributed by atoms with Crippen LogP contribution in [0.15, 0.2) is 39.9 Å². The molecule has 30 heavy (non-hydrogen) atoms. The van der Waals surface area contributed by atoms with Crippen molar-refractivity contribution in [3.8, 4) is 0 Å². The number of amides is 1. The number of nitrogens with zero attached hydrogens (tertiary/aromatic N) is 3. The number of carbonyl (C=O) groups excluding carboxylic acids is 1. The average Bonchev–Trinajstić information content (AvgIpc) is 3.31. The Balaban J connectivity index is 1.39. The first kappa shape index (κ1) is 21.6. The highest BCUT2D eigenvalue weighted by molar-refractivity contribution is 7.91. The molecule has 2 aromatic rings. The van der Waals surface area contributed by atoms with Gasteiger partial charge in [0.1, 0.15) is 4.21 Å². The molecule has 0 N–H and O–H groups in total. The quantitative estimate of drug-likeness (QED) is 0.690. The lowest BCUT2D eigenvalue weighted by atomic mass is 9.97. The van der Waals surface area contributed by atoms with Gasteiger partial charge in [0.25, 0.3) is 10.0 Å². The van der Waals surface area contributed by atoms with Crippen molar-refractivity contribution >= 4 is 44.6 Å². The molecular weight excluding hydrogens is 442 g/mol. The molecule has 1 aromatic heterocycles. The first-order valence-corrected chi connectivity index (χ1v) is 12.9. The molecule has 1 atom stereocenters. The summed E-state index contributed by atoms with van der Waals surface area (Å²) in [5, 5.41) is 2.48. The van der Waals surface area contributed by atoms with Crippen LogP contribution in [-0.2, 0) is 14.8 Å². The largest absolute Gasteiger partial charge is 0.368 e. The van der Waals surface area contributed by atoms with Crippen LogP contribution in [0.2, 0.25) is 5.02 Å². The first-order valence-electron chi connectivity index (χ1n) is 10.2. The van der Waals surface area contributed by atoms with E-state index in [4.69, 9.17) is 11.6 Å². The maximum absolute atomic E-state index is 13.1. The second-order valence-electron chi connectivity index (χ2n) is 7.88. The number of anilines is 1. The number of piperazine rings is 1. The van der Waals surface area contributed by atoms with Gasteiger partial charge in [0, 0.05) is 50.0 Å². The summed E-state index contributed by atoms with van der Waals surface area (Å²) in [7, 11) is -3.51. The number of aryl methyl sites for hydroxylation is 1. The molecule has 0 aliphatic carbocycles. The van der Waals surface area contributed by atoms with E-state index in [2.05, 4.69) is 11.8 Å². The Hall–Kier alpha value is -1.61. The van der Waals surface area contributed by atoms with Crippen LogP contribution in [0.25, 0.3) is 0 Å². The Labute approximate surface area is 187 Å². The van der Waals surface area contributed by atoms with E-state index in [0.717, 1.165) is 25.2 Å². The van der Waals surface area contributed by atoms with Gasteiger partial charge >= 0.3 is 0 Å². The molecule has 0 radical (unpaired) electrons. The number of piperidine rings is 1. The topological polar surface area (TPSA) is 60.9 Å². The minimum atomic E-state index is -3.51. The van der Waals surface area contributed by atoms with Crippen molar-refractivity contribution in [3.05, 3.63) is 46.3 Å². The highest BCUT2D eigenvalue weighted by Gasteiger charge is 2.36. The molecule has 3 heterocycles. The molecular formula is C21H26ClN3O3S2. The van der Waals surface area contributed by atoms with E-state index >= 15 is 0 Å². The van der Waals surface area contributed by atoms with Crippen molar-refractivity contribution in [3.63, 3.8) is 0 Å². The highest BCUT2D eigenvalue weighted by Crippen LogP contribution is 2.29. The highest BCUT2D eigenvalue weighted by atomic mass is 35.5. The maximum atomic E-state index is 13.1. The number of thiophene rings is 1. The summed E-state index contributed by atoms with van der Waals surface area (Å²) in [6, 6.07) is 9.25. The molecule has 2 aliphatic heterocycles. The Morgan fingerprint density at radius 3 is 2.60 bits per heavy atom. The van der Waals surface area contributed by atoms with Crippen LogP contribution in [0.1, 0.15) is 18.4 Å². The Morgan fingerprint density at radius 2 is 1.90 bits per heavy atom. The van der Waals surface area contributed by atoms with Gasteiger partial charge in [0.15, 0.2) is 0 Å². The Kier molecular flexibility index (Phi) is 6.39. The summed E-state index contributed by atoms with van der Waals surface area (Å²) in [5.74, 6) is -0.198. The van der Waals surface area contributed by atoms with Gasteiger partial charge in [0.2, 0.25) is 5.91 Å². The maximum Gasteiger partial charge on any atom is 0.252 e. The molecule has 1 amide bonds. The summed E-state index contributed by atoms with van der Waals surface area (Å²) >= 11 is 7.38. The van der Waals surface area contributed by atoms with Gasteiger partial charge in [-0.15, -0.1) is 11.3 Å². The zero-order valence-electron chi connectivity index (χ0n) is 17.0. The van der Waals surface area contributed by atoms with E-state index < -0.39 is 10.0 Å². The number of sulfonamides is 1. The third-order valence-electron chi connectivity index (χ3n) is 5.93. The number of rotatable bonds is 4. The SMILES string of the molecule is Cc1ccc(Cl)cc1N1CCN(C(=O)[C@@H]2CCCN(S(=O)(=O)c3cccs3)C2)CC1. The van der Waals surface area contributed by atoms with E-state index in [9.17, 15) is 13.2 Å². The fourth-order valence-corrected chi connectivity index (χ4v) is 7.08. The van der Waals surface area contributed by atoms with Gasteiger partial charge in [-0.3, -0.25) is 4.79 Å². The minimum absolute atomic E-state index is 0.0727. The van der Waals surface area contributed by atoms with E-state index in [1.54, 1.807) is 17.5 Å². The molecule has 6 nitrogen and oxygen atoms in total. The van der Waals surface area contributed by atoms with Gasteiger partial charge in [-0.1, -0.05) is 23.7 Å². The lowest BCUT2D eigenvalue weighted by Gasteiger charge is -2.39. The monoisotopic (exact) mass is 467 g/mol. The summed E-state index contributed by atoms with van der Waals surface area (Å²) in [6.45, 7) is 5.58. The summed E-state index contributed by atoms with van der Waals surface area (Å²) in [5.41, 5.74) is 2.28. The summed E-state index contributed by atoms with van der Waals surface area (Å²) < 4.78 is 27.5. The zero-order valence-corrected chi connectivity index (χ0v) is 19.3. The van der Waals surface area contributed by atoms with Crippen LogP contribution < -0.4 is 4.90 Å². The van der Waals surface area contributed by atoms with Gasteiger partial charge in [-0.2, -0.15) is 4.31 Å². The van der Waals surface area contributed by atoms with Crippen molar-refractivity contribution in [2.75, 3.05) is 44.2 Å². The van der Waals surface area contributed by atoms with E-state index in [1.807, 2.05) is 23.1 Å². The Bertz CT molecular complexity index is 1000. The normalized spacial score (nSPS) is 21.1. The smallest absolute Gasteiger partial charge is 0.252 e. The van der Waals surface area contributed by atoms with E-state index in [0.29, 0.717) is 35.3 Å². The third kappa shape index (κ3) is 4.37. The van der Waals surface area contributed by atoms with Crippen molar-refractivity contribution < 1.29 is 13.2 Å². The molecule has 2 aliphatic rings. The van der Waals surface area contributed by atoms with Gasteiger partial charge in [-0.25, -0.2) is 8.42 Å². The number of hydrogen-bond donors (Lipinski definition) is 0. The number of carbonyl (C=O) groups is 1. The standard InChI is InChI=1S/C21H26ClN3O3S2/c1-16-6-7-18(22)14-19(16)23-9-11-24(12-10-23)21(26)17-4-2-8-25(15-17)30(27,28)20-5-3-13-29-20/h3,5-7,13-14,17H,2,4,8-12,15H2,1H3/t17-/m1/s1. The fraction of sp³-hybridized carbons (Fsp3) is 0.476. The molecule has 0 spiro atoms. The van der Waals surface area contributed by atoms with Gasteiger partial charge in [0.05, 0.1) is 5.92 Å². The molecule has 2 saturated heterocycles. The fourth-order valence-electron chi connectivity index (χ4n) is 4.25. The summed E-state index contributed by atoms with van der Waals surface area (Å²) in [6.07, 6.45) is 1.45. The summed E-state index contributed by atoms with van der Waals surface area (Å²) in [4.78, 5) is 17.3. The molecule has 1 aromatic carbocycles. The molecule has 4 rings (SSSR count). The van der Waals surface area contributed by atoms with Crippen LogP contribution >= 0.6 is 22.9 Å². The Morgan fingerprint density at radius 1 is 1.13 bits per heavy atom. The first-order chi connectivity index (χ1) is 14.4. The lowest BCUT2D eigenvalue weighted by molar-refractivity contribution is -0.137. The van der Waals surface area contributed by atoms with Crippen LogP contribution in [0.5, 0.6) is 0 Å². The molecule has 0 bridgehead atoms. The lowest BCUT2D eigenvalue weighted by Crippen LogP contribution is -2.53. The average molecular weight is 468 g/mol. The third-order valence-corrected chi connectivity index (χ3v) is 9.40. The number of halogens is 1. The van der Waals surface area contributed by atoms with Crippen molar-refractivity contribution in [1.29, 1.82) is 0 Å². The van der Waals surface area contributed by atoms with Crippen LogP contribution in [0, 0.1) is 12.8 Å². The van der Waals surface area contributed by atoms with E-state index in [-0.39, 0.29) is 18.4 Å². The van der Waals surface area contributed by atoms with Gasteiger partial charge in [-0.05, 0) is 48.9 Å². The van der Waals surface area contributed by atoms with Gasteiger partial charge < -0.3 is 9.80 Å². The second-order valence-corrected chi connectivity index (χ2v) is 11.4. The molecule has 0 saturated carbocycles. The van der Waals surface area contributed by atoms with Crippen LogP contribution in [0.4, 0.5) is 5.69 Å². The second kappa shape index (κ2) is 8.86. The number of benzene rings is 1. The van der Waals surface area contributed by atoms with E-state index in [1.165, 1.54) is 21.2 Å². The molecule has 162 valence electrons. The van der Waals surface area contributed by atoms with Crippen molar-refractivity contribution in [2.45, 2.75) is 24.0 Å². The van der Waals surface area contributed by atoms with Crippen LogP contribution in [0.3, 0.4) is 0 Å². The predicted molar refractivity (Wildman–Crippen MR) is 121 cm³/mol.